The zero-order valence-electron chi connectivity index (χ0n) is 11.1. The third-order valence-electron chi connectivity index (χ3n) is 3.57. The van der Waals surface area contributed by atoms with E-state index in [0.29, 0.717) is 17.5 Å². The summed E-state index contributed by atoms with van der Waals surface area (Å²) in [5.41, 5.74) is 6.30. The molecule has 1 saturated carbocycles. The summed E-state index contributed by atoms with van der Waals surface area (Å²) in [6.07, 6.45) is 6.01. The second-order valence-electron chi connectivity index (χ2n) is 5.91. The van der Waals surface area contributed by atoms with Gasteiger partial charge in [0.25, 0.3) is 0 Å². The number of hydrogen-bond acceptors (Lipinski definition) is 3. The lowest BCUT2D eigenvalue weighted by molar-refractivity contribution is 0.147. The molecule has 2 unspecified atom stereocenters. The molecule has 0 aromatic rings. The largest absolute Gasteiger partial charge is 0.385 e. The Morgan fingerprint density at radius 2 is 2.12 bits per heavy atom. The maximum absolute atomic E-state index is 5.98. The monoisotopic (exact) mass is 228 g/mol. The minimum atomic E-state index is 0.317. The molecule has 0 heterocycles. The van der Waals surface area contributed by atoms with Crippen LogP contribution in [0, 0.1) is 5.41 Å². The molecule has 0 saturated heterocycles. The van der Waals surface area contributed by atoms with Crippen molar-refractivity contribution in [3.8, 4) is 0 Å². The van der Waals surface area contributed by atoms with Crippen LogP contribution in [0.2, 0.25) is 0 Å². The maximum Gasteiger partial charge on any atom is 0.0467 e. The quantitative estimate of drug-likeness (QED) is 0.730. The van der Waals surface area contributed by atoms with Crippen molar-refractivity contribution in [1.29, 1.82) is 0 Å². The van der Waals surface area contributed by atoms with Gasteiger partial charge in [0.15, 0.2) is 0 Å². The number of methoxy groups -OCH3 is 1. The van der Waals surface area contributed by atoms with E-state index in [0.717, 1.165) is 26.0 Å². The van der Waals surface area contributed by atoms with Crippen LogP contribution < -0.4 is 11.1 Å². The minimum absolute atomic E-state index is 0.317. The predicted octanol–water partition coefficient (Wildman–Crippen LogP) is 1.91. The Balaban J connectivity index is 2.21. The molecule has 3 N–H and O–H groups in total. The Bertz CT molecular complexity index is 194. The van der Waals surface area contributed by atoms with Crippen molar-refractivity contribution >= 4 is 0 Å². The van der Waals surface area contributed by atoms with Gasteiger partial charge >= 0.3 is 0 Å². The van der Waals surface area contributed by atoms with Crippen molar-refractivity contribution in [1.82, 2.24) is 5.32 Å². The Morgan fingerprint density at radius 1 is 1.38 bits per heavy atom. The van der Waals surface area contributed by atoms with Crippen LogP contribution in [-0.4, -0.2) is 32.3 Å². The van der Waals surface area contributed by atoms with Gasteiger partial charge in [-0.05, 0) is 31.1 Å². The van der Waals surface area contributed by atoms with Crippen LogP contribution in [0.5, 0.6) is 0 Å². The highest BCUT2D eigenvalue weighted by molar-refractivity contribution is 4.82. The first-order valence-corrected chi connectivity index (χ1v) is 6.51. The number of nitrogens with one attached hydrogen (secondary N) is 1. The van der Waals surface area contributed by atoms with E-state index in [4.69, 9.17) is 10.5 Å². The summed E-state index contributed by atoms with van der Waals surface area (Å²) in [6, 6.07) is 1.04. The van der Waals surface area contributed by atoms with Crippen LogP contribution in [0.15, 0.2) is 0 Å². The SMILES string of the molecule is COCCC(C)(C)CNC1CCCC(N)C1. The third kappa shape index (κ3) is 5.28. The van der Waals surface area contributed by atoms with Gasteiger partial charge in [0.2, 0.25) is 0 Å². The Hall–Kier alpha value is -0.120. The first-order valence-electron chi connectivity index (χ1n) is 6.51. The van der Waals surface area contributed by atoms with Gasteiger partial charge in [0, 0.05) is 32.3 Å². The van der Waals surface area contributed by atoms with Crippen LogP contribution in [0.1, 0.15) is 46.0 Å². The van der Waals surface area contributed by atoms with E-state index in [1.807, 2.05) is 0 Å². The normalized spacial score (nSPS) is 27.0. The Kier molecular flexibility index (Phi) is 5.73. The van der Waals surface area contributed by atoms with Gasteiger partial charge in [0.1, 0.15) is 0 Å². The fourth-order valence-corrected chi connectivity index (χ4v) is 2.30. The lowest BCUT2D eigenvalue weighted by Gasteiger charge is -2.32. The first kappa shape index (κ1) is 13.9. The summed E-state index contributed by atoms with van der Waals surface area (Å²) in [5.74, 6) is 0. The van der Waals surface area contributed by atoms with Gasteiger partial charge in [-0.1, -0.05) is 20.3 Å². The smallest absolute Gasteiger partial charge is 0.0467 e. The molecule has 1 aliphatic rings. The zero-order chi connectivity index (χ0) is 12.0. The van der Waals surface area contributed by atoms with Crippen LogP contribution >= 0.6 is 0 Å². The van der Waals surface area contributed by atoms with Crippen LogP contribution in [-0.2, 0) is 4.74 Å². The fourth-order valence-electron chi connectivity index (χ4n) is 2.30. The van der Waals surface area contributed by atoms with Crippen LogP contribution in [0.3, 0.4) is 0 Å². The summed E-state index contributed by atoms with van der Waals surface area (Å²) >= 11 is 0. The van der Waals surface area contributed by atoms with Gasteiger partial charge in [-0.25, -0.2) is 0 Å². The Labute approximate surface area is 100 Å². The summed E-state index contributed by atoms with van der Waals surface area (Å²) in [7, 11) is 1.77. The molecule has 16 heavy (non-hydrogen) atoms. The second kappa shape index (κ2) is 6.58. The zero-order valence-corrected chi connectivity index (χ0v) is 11.1. The van der Waals surface area contributed by atoms with Crippen molar-refractivity contribution in [3.63, 3.8) is 0 Å². The molecule has 0 spiro atoms. The number of rotatable bonds is 6. The maximum atomic E-state index is 5.98. The number of nitrogens with two attached hydrogens (primary N) is 1. The molecule has 3 nitrogen and oxygen atoms in total. The summed E-state index contributed by atoms with van der Waals surface area (Å²) in [4.78, 5) is 0. The van der Waals surface area contributed by atoms with Crippen molar-refractivity contribution < 1.29 is 4.74 Å². The van der Waals surface area contributed by atoms with E-state index >= 15 is 0 Å². The lowest BCUT2D eigenvalue weighted by Crippen LogP contribution is -2.43. The van der Waals surface area contributed by atoms with Crippen LogP contribution in [0.4, 0.5) is 0 Å². The number of ether oxygens (including phenoxy) is 1. The lowest BCUT2D eigenvalue weighted by atomic mass is 9.87. The standard InChI is InChI=1S/C13H28N2O/c1-13(2,7-8-16-3)10-15-12-6-4-5-11(14)9-12/h11-12,15H,4-10,14H2,1-3H3. The first-order chi connectivity index (χ1) is 7.53. The Morgan fingerprint density at radius 3 is 2.75 bits per heavy atom. The molecule has 1 fully saturated rings. The van der Waals surface area contributed by atoms with E-state index in [2.05, 4.69) is 19.2 Å². The summed E-state index contributed by atoms with van der Waals surface area (Å²) in [6.45, 7) is 6.50. The average Bonchev–Trinajstić information content (AvgIpc) is 2.24. The van der Waals surface area contributed by atoms with Gasteiger partial charge in [-0.3, -0.25) is 0 Å². The minimum Gasteiger partial charge on any atom is -0.385 e. The molecular weight excluding hydrogens is 200 g/mol. The summed E-state index contributed by atoms with van der Waals surface area (Å²) < 4.78 is 5.14. The van der Waals surface area contributed by atoms with Crippen molar-refractivity contribution in [2.24, 2.45) is 11.1 Å². The molecule has 3 heteroatoms. The van der Waals surface area contributed by atoms with Crippen LogP contribution in [0.25, 0.3) is 0 Å². The third-order valence-corrected chi connectivity index (χ3v) is 3.57. The average molecular weight is 228 g/mol. The van der Waals surface area contributed by atoms with Crippen molar-refractivity contribution in [2.45, 2.75) is 58.0 Å². The van der Waals surface area contributed by atoms with Gasteiger partial charge in [-0.15, -0.1) is 0 Å². The van der Waals surface area contributed by atoms with E-state index in [-0.39, 0.29) is 0 Å². The predicted molar refractivity (Wildman–Crippen MR) is 68.5 cm³/mol. The molecule has 0 aliphatic heterocycles. The molecule has 0 aromatic carbocycles. The fraction of sp³-hybridized carbons (Fsp3) is 1.00. The highest BCUT2D eigenvalue weighted by Crippen LogP contribution is 2.22. The van der Waals surface area contributed by atoms with E-state index in [1.54, 1.807) is 7.11 Å². The van der Waals surface area contributed by atoms with Gasteiger partial charge < -0.3 is 15.8 Å². The molecule has 96 valence electrons. The molecule has 0 radical (unpaired) electrons. The van der Waals surface area contributed by atoms with E-state index in [1.165, 1.54) is 19.3 Å². The van der Waals surface area contributed by atoms with Gasteiger partial charge in [-0.2, -0.15) is 0 Å². The molecule has 0 aromatic heterocycles. The van der Waals surface area contributed by atoms with Crippen molar-refractivity contribution in [2.75, 3.05) is 20.3 Å². The molecular formula is C13H28N2O. The highest BCUT2D eigenvalue weighted by Gasteiger charge is 2.22. The highest BCUT2D eigenvalue weighted by atomic mass is 16.5. The molecule has 1 aliphatic carbocycles. The van der Waals surface area contributed by atoms with Crippen molar-refractivity contribution in [3.05, 3.63) is 0 Å². The summed E-state index contributed by atoms with van der Waals surface area (Å²) in [5, 5.41) is 3.67. The molecule has 2 atom stereocenters. The second-order valence-corrected chi connectivity index (χ2v) is 5.91. The molecule has 1 rings (SSSR count). The van der Waals surface area contributed by atoms with Gasteiger partial charge in [0.05, 0.1) is 0 Å². The van der Waals surface area contributed by atoms with E-state index in [9.17, 15) is 0 Å². The number of hydrogen-bond donors (Lipinski definition) is 2. The molecule has 0 bridgehead atoms. The topological polar surface area (TPSA) is 47.3 Å². The van der Waals surface area contributed by atoms with E-state index < -0.39 is 0 Å². The molecule has 0 amide bonds.